The maximum atomic E-state index is 13.9. The lowest BCUT2D eigenvalue weighted by Gasteiger charge is -2.32. The van der Waals surface area contributed by atoms with Crippen molar-refractivity contribution in [2.45, 2.75) is 18.4 Å². The molecule has 1 aliphatic rings. The molecular weight excluding hydrogens is 672 g/mol. The van der Waals surface area contributed by atoms with Crippen LogP contribution in [-0.2, 0) is 16.6 Å². The first-order chi connectivity index (χ1) is 19.6. The number of nitrogens with zero attached hydrogens (tertiary/aromatic N) is 3. The van der Waals surface area contributed by atoms with Crippen molar-refractivity contribution in [3.63, 3.8) is 0 Å². The van der Waals surface area contributed by atoms with Crippen molar-refractivity contribution < 1.29 is 17.6 Å². The summed E-state index contributed by atoms with van der Waals surface area (Å²) in [6.45, 7) is 7.28. The molecule has 0 spiro atoms. The predicted molar refractivity (Wildman–Crippen MR) is 169 cm³/mol. The molecule has 0 unspecified atom stereocenters. The minimum atomic E-state index is -3.91. The number of piperazine rings is 1. The number of likely N-dealkylation sites (N-methyl/N-ethyl adjacent to an activating group) is 1. The second kappa shape index (κ2) is 12.7. The molecule has 1 fully saturated rings. The maximum Gasteiger partial charge on any atom is 0.287 e. The van der Waals surface area contributed by atoms with Crippen LogP contribution in [0, 0.1) is 6.92 Å². The Balaban J connectivity index is 1.42. The first kappa shape index (κ1) is 29.8. The number of sulfonamides is 1. The van der Waals surface area contributed by atoms with Gasteiger partial charge in [-0.1, -0.05) is 44.0 Å². The zero-order valence-corrected chi connectivity index (χ0v) is 26.9. The molecule has 0 atom stereocenters. The highest BCUT2D eigenvalue weighted by atomic mass is 79.9. The largest absolute Gasteiger partial charge is 0.451 e. The van der Waals surface area contributed by atoms with Gasteiger partial charge in [0, 0.05) is 59.2 Å². The minimum absolute atomic E-state index is 0.133. The Hall–Kier alpha value is -2.70. The molecular formula is C30H32Br2N4O4S. The number of hydrogen-bond donors (Lipinski definition) is 1. The zero-order chi connectivity index (χ0) is 29.1. The van der Waals surface area contributed by atoms with Gasteiger partial charge in [0.25, 0.3) is 15.9 Å². The lowest BCUT2D eigenvalue weighted by Crippen LogP contribution is -2.46. The van der Waals surface area contributed by atoms with Gasteiger partial charge in [0.1, 0.15) is 5.58 Å². The molecule has 5 rings (SSSR count). The van der Waals surface area contributed by atoms with Gasteiger partial charge in [0.2, 0.25) is 0 Å². The molecule has 1 N–H and O–H groups in total. The molecule has 2 heterocycles. The van der Waals surface area contributed by atoms with Crippen LogP contribution in [0.1, 0.15) is 21.7 Å². The molecule has 0 bridgehead atoms. The number of carbonyl (C=O) groups is 1. The van der Waals surface area contributed by atoms with Crippen molar-refractivity contribution in [2.75, 3.05) is 50.6 Å². The number of fused-ring (bicyclic) bond motifs is 1. The third-order valence-electron chi connectivity index (χ3n) is 7.36. The monoisotopic (exact) mass is 702 g/mol. The second-order valence-electron chi connectivity index (χ2n) is 10.2. The van der Waals surface area contributed by atoms with Gasteiger partial charge in [-0.05, 0) is 74.1 Å². The van der Waals surface area contributed by atoms with Crippen LogP contribution in [0.4, 0.5) is 5.69 Å². The molecule has 0 aliphatic carbocycles. The van der Waals surface area contributed by atoms with Crippen molar-refractivity contribution in [3.8, 4) is 0 Å². The fourth-order valence-corrected chi connectivity index (χ4v) is 6.84. The van der Waals surface area contributed by atoms with Gasteiger partial charge >= 0.3 is 0 Å². The number of aryl methyl sites for hydroxylation is 1. The van der Waals surface area contributed by atoms with E-state index in [2.05, 4.69) is 54.0 Å². The normalized spacial score (nSPS) is 14.8. The predicted octanol–water partition coefficient (Wildman–Crippen LogP) is 5.64. The highest BCUT2D eigenvalue weighted by molar-refractivity contribution is 9.10. The number of carbonyl (C=O) groups excluding carboxylic acids is 1. The molecule has 8 nitrogen and oxygen atoms in total. The fraction of sp³-hybridized carbons (Fsp3) is 0.300. The van der Waals surface area contributed by atoms with Crippen LogP contribution in [0.2, 0.25) is 0 Å². The molecule has 41 heavy (non-hydrogen) atoms. The number of rotatable bonds is 9. The first-order valence-corrected chi connectivity index (χ1v) is 16.4. The molecule has 1 aliphatic heterocycles. The van der Waals surface area contributed by atoms with E-state index in [1.54, 1.807) is 42.5 Å². The number of amides is 1. The van der Waals surface area contributed by atoms with E-state index in [-0.39, 0.29) is 23.1 Å². The average molecular weight is 704 g/mol. The van der Waals surface area contributed by atoms with Gasteiger partial charge in [-0.15, -0.1) is 0 Å². The summed E-state index contributed by atoms with van der Waals surface area (Å²) in [5, 5.41) is 3.68. The van der Waals surface area contributed by atoms with Crippen molar-refractivity contribution in [3.05, 3.63) is 92.6 Å². The van der Waals surface area contributed by atoms with E-state index in [0.29, 0.717) is 28.8 Å². The van der Waals surface area contributed by atoms with Gasteiger partial charge in [-0.3, -0.25) is 14.0 Å². The van der Waals surface area contributed by atoms with Crippen molar-refractivity contribution in [2.24, 2.45) is 0 Å². The highest BCUT2D eigenvalue weighted by Gasteiger charge is 2.27. The number of benzene rings is 3. The van der Waals surface area contributed by atoms with Crippen LogP contribution in [0.15, 0.2) is 85.0 Å². The van der Waals surface area contributed by atoms with Crippen LogP contribution in [-0.4, -0.2) is 70.4 Å². The maximum absolute atomic E-state index is 13.9. The summed E-state index contributed by atoms with van der Waals surface area (Å²) in [7, 11) is -1.80. The molecule has 0 saturated carbocycles. The first-order valence-electron chi connectivity index (χ1n) is 13.4. The van der Waals surface area contributed by atoms with Crippen LogP contribution in [0.3, 0.4) is 0 Å². The van der Waals surface area contributed by atoms with Crippen LogP contribution in [0.5, 0.6) is 0 Å². The molecule has 0 radical (unpaired) electrons. The Labute approximate surface area is 257 Å². The Morgan fingerprint density at radius 1 is 0.951 bits per heavy atom. The summed E-state index contributed by atoms with van der Waals surface area (Å²) in [6.07, 6.45) is 0. The Kier molecular flexibility index (Phi) is 9.20. The third-order valence-corrected chi connectivity index (χ3v) is 10.2. The molecule has 1 amide bonds. The minimum Gasteiger partial charge on any atom is -0.451 e. The molecule has 11 heteroatoms. The molecule has 1 aromatic heterocycles. The number of hydrogen-bond acceptors (Lipinski definition) is 6. The van der Waals surface area contributed by atoms with E-state index >= 15 is 0 Å². The highest BCUT2D eigenvalue weighted by Crippen LogP contribution is 2.33. The van der Waals surface area contributed by atoms with Crippen LogP contribution < -0.4 is 9.62 Å². The third kappa shape index (κ3) is 6.86. The molecule has 216 valence electrons. The summed E-state index contributed by atoms with van der Waals surface area (Å²) >= 11 is 6.82. The summed E-state index contributed by atoms with van der Waals surface area (Å²) in [4.78, 5) is 17.9. The van der Waals surface area contributed by atoms with Crippen molar-refractivity contribution in [1.82, 2.24) is 15.1 Å². The number of halogens is 2. The van der Waals surface area contributed by atoms with Gasteiger partial charge in [0.15, 0.2) is 5.76 Å². The topological polar surface area (TPSA) is 86.1 Å². The summed E-state index contributed by atoms with van der Waals surface area (Å²) in [6, 6.07) is 19.4. The number of nitrogens with one attached hydrogen (secondary N) is 1. The van der Waals surface area contributed by atoms with E-state index in [0.717, 1.165) is 47.2 Å². The Bertz CT molecular complexity index is 1630. The van der Waals surface area contributed by atoms with Gasteiger partial charge in [-0.2, -0.15) is 0 Å². The van der Waals surface area contributed by atoms with E-state index < -0.39 is 10.0 Å². The number of anilines is 1. The molecule has 3 aromatic carbocycles. The van der Waals surface area contributed by atoms with Gasteiger partial charge in [0.05, 0.1) is 17.1 Å². The van der Waals surface area contributed by atoms with E-state index in [9.17, 15) is 13.2 Å². The van der Waals surface area contributed by atoms with E-state index in [1.807, 2.05) is 31.2 Å². The second-order valence-corrected chi connectivity index (χ2v) is 13.9. The standard InChI is InChI=1S/C30H32Br2N4O4S/c1-21-27-19-25(9-12-28(27)40-29(21)30(37)33-13-14-35-17-15-34(2)16-18-35)36(20-22-3-5-23(31)6-4-22)41(38,39)26-10-7-24(32)8-11-26/h3-12,19H,13-18,20H2,1-2H3,(H,33,37). The molecule has 1 saturated heterocycles. The Morgan fingerprint density at radius 2 is 1.59 bits per heavy atom. The van der Waals surface area contributed by atoms with Gasteiger partial charge < -0.3 is 14.6 Å². The lowest BCUT2D eigenvalue weighted by atomic mass is 10.1. The van der Waals surface area contributed by atoms with Crippen molar-refractivity contribution >= 4 is 64.4 Å². The summed E-state index contributed by atoms with van der Waals surface area (Å²) in [5.74, 6) is -0.0330. The summed E-state index contributed by atoms with van der Waals surface area (Å²) < 4.78 is 36.9. The smallest absolute Gasteiger partial charge is 0.287 e. The molecule has 4 aromatic rings. The van der Waals surface area contributed by atoms with Crippen LogP contribution in [0.25, 0.3) is 11.0 Å². The van der Waals surface area contributed by atoms with Gasteiger partial charge in [-0.25, -0.2) is 8.42 Å². The lowest BCUT2D eigenvalue weighted by molar-refractivity contribution is 0.0915. The average Bonchev–Trinajstić information content (AvgIpc) is 3.29. The summed E-state index contributed by atoms with van der Waals surface area (Å²) in [5.41, 5.74) is 2.51. The Morgan fingerprint density at radius 3 is 2.24 bits per heavy atom. The number of furan rings is 1. The SMILES string of the molecule is Cc1c(C(=O)NCCN2CCN(C)CC2)oc2ccc(N(Cc3ccc(Br)cc3)S(=O)(=O)c3ccc(Br)cc3)cc12. The fourth-order valence-electron chi connectivity index (χ4n) is 4.86. The van der Waals surface area contributed by atoms with E-state index in [1.165, 1.54) is 4.31 Å². The zero-order valence-electron chi connectivity index (χ0n) is 22.9. The van der Waals surface area contributed by atoms with Crippen molar-refractivity contribution in [1.29, 1.82) is 0 Å². The quantitative estimate of drug-likeness (QED) is 0.243. The van der Waals surface area contributed by atoms with Crippen LogP contribution >= 0.6 is 31.9 Å². The van der Waals surface area contributed by atoms with E-state index in [4.69, 9.17) is 4.42 Å².